The summed E-state index contributed by atoms with van der Waals surface area (Å²) in [6.07, 6.45) is 3.33. The highest BCUT2D eigenvalue weighted by Crippen LogP contribution is 2.60. The van der Waals surface area contributed by atoms with Gasteiger partial charge in [-0.1, -0.05) is 6.07 Å². The molecule has 0 radical (unpaired) electrons. The van der Waals surface area contributed by atoms with Gasteiger partial charge < -0.3 is 10.1 Å². The number of aryl methyl sites for hydroxylation is 2. The Morgan fingerprint density at radius 1 is 1.30 bits per heavy atom. The third-order valence-corrected chi connectivity index (χ3v) is 5.02. The number of ketones is 1. The first-order chi connectivity index (χ1) is 9.57. The third-order valence-electron chi connectivity index (χ3n) is 5.02. The van der Waals surface area contributed by atoms with Crippen LogP contribution in [0.25, 0.3) is 0 Å². The lowest BCUT2D eigenvalue weighted by molar-refractivity contribution is 0.0937. The fraction of sp³-hybridized carbons (Fsp3) is 0.588. The van der Waals surface area contributed by atoms with E-state index >= 15 is 0 Å². The molecule has 2 fully saturated rings. The molecule has 1 atom stereocenters. The molecule has 1 saturated carbocycles. The van der Waals surface area contributed by atoms with Crippen molar-refractivity contribution < 1.29 is 9.53 Å². The van der Waals surface area contributed by atoms with E-state index in [9.17, 15) is 4.79 Å². The van der Waals surface area contributed by atoms with E-state index in [1.807, 2.05) is 19.9 Å². The van der Waals surface area contributed by atoms with E-state index in [0.717, 1.165) is 54.8 Å². The van der Waals surface area contributed by atoms with E-state index in [1.54, 1.807) is 7.11 Å². The number of benzene rings is 1. The standard InChI is InChI=1S/C17H23NO2/c1-11-8-12(2)15(14(9-11)20-3)16(19)13-10-17(13)4-6-18-7-5-17/h8-9,13,18H,4-7,10H2,1-3H3. The summed E-state index contributed by atoms with van der Waals surface area (Å²) in [5.41, 5.74) is 3.27. The molecular formula is C17H23NO2. The lowest BCUT2D eigenvalue weighted by Gasteiger charge is -2.23. The van der Waals surface area contributed by atoms with Crippen LogP contribution in [0, 0.1) is 25.2 Å². The predicted octanol–water partition coefficient (Wildman–Crippen LogP) is 2.88. The van der Waals surface area contributed by atoms with Crippen molar-refractivity contribution in [3.8, 4) is 5.75 Å². The molecule has 1 saturated heterocycles. The maximum atomic E-state index is 12.9. The first-order valence-corrected chi connectivity index (χ1v) is 7.47. The molecule has 1 aliphatic carbocycles. The second-order valence-electron chi connectivity index (χ2n) is 6.39. The van der Waals surface area contributed by atoms with Gasteiger partial charge in [-0.2, -0.15) is 0 Å². The van der Waals surface area contributed by atoms with Gasteiger partial charge in [0.1, 0.15) is 5.75 Å². The minimum absolute atomic E-state index is 0.208. The number of ether oxygens (including phenoxy) is 1. The van der Waals surface area contributed by atoms with Gasteiger partial charge in [-0.05, 0) is 68.8 Å². The van der Waals surface area contributed by atoms with Crippen molar-refractivity contribution >= 4 is 5.78 Å². The molecule has 1 heterocycles. The highest BCUT2D eigenvalue weighted by atomic mass is 16.5. The first kappa shape index (κ1) is 13.6. The molecule has 3 nitrogen and oxygen atoms in total. The Labute approximate surface area is 120 Å². The summed E-state index contributed by atoms with van der Waals surface area (Å²) in [4.78, 5) is 12.9. The van der Waals surface area contributed by atoms with Gasteiger partial charge in [-0.15, -0.1) is 0 Å². The monoisotopic (exact) mass is 273 g/mol. The fourth-order valence-electron chi connectivity index (χ4n) is 3.78. The molecule has 1 N–H and O–H groups in total. The molecule has 20 heavy (non-hydrogen) atoms. The zero-order chi connectivity index (χ0) is 14.3. The van der Waals surface area contributed by atoms with E-state index in [2.05, 4.69) is 11.4 Å². The van der Waals surface area contributed by atoms with Gasteiger partial charge in [0.05, 0.1) is 12.7 Å². The van der Waals surface area contributed by atoms with Crippen LogP contribution in [0.1, 0.15) is 40.7 Å². The molecule has 108 valence electrons. The van der Waals surface area contributed by atoms with Crippen LogP contribution in [0.15, 0.2) is 12.1 Å². The zero-order valence-corrected chi connectivity index (χ0v) is 12.6. The Hall–Kier alpha value is -1.35. The van der Waals surface area contributed by atoms with Gasteiger partial charge in [0.2, 0.25) is 0 Å². The van der Waals surface area contributed by atoms with Crippen molar-refractivity contribution in [2.75, 3.05) is 20.2 Å². The first-order valence-electron chi connectivity index (χ1n) is 7.47. The number of rotatable bonds is 3. The van der Waals surface area contributed by atoms with Crippen molar-refractivity contribution in [2.45, 2.75) is 33.1 Å². The Kier molecular flexibility index (Phi) is 3.33. The van der Waals surface area contributed by atoms with Crippen molar-refractivity contribution in [1.82, 2.24) is 5.32 Å². The number of carbonyl (C=O) groups is 1. The number of nitrogens with one attached hydrogen (secondary N) is 1. The number of hydrogen-bond donors (Lipinski definition) is 1. The van der Waals surface area contributed by atoms with Crippen molar-refractivity contribution in [1.29, 1.82) is 0 Å². The van der Waals surface area contributed by atoms with Crippen LogP contribution < -0.4 is 10.1 Å². The molecule has 1 aromatic rings. The summed E-state index contributed by atoms with van der Waals surface area (Å²) in [7, 11) is 1.65. The van der Waals surface area contributed by atoms with E-state index < -0.39 is 0 Å². The van der Waals surface area contributed by atoms with Gasteiger partial charge in [0.15, 0.2) is 5.78 Å². The maximum Gasteiger partial charge on any atom is 0.170 e. The molecule has 1 unspecified atom stereocenters. The minimum atomic E-state index is 0.208. The maximum absolute atomic E-state index is 12.9. The fourth-order valence-corrected chi connectivity index (χ4v) is 3.78. The second kappa shape index (κ2) is 4.88. The van der Waals surface area contributed by atoms with Crippen LogP contribution >= 0.6 is 0 Å². The van der Waals surface area contributed by atoms with Crippen molar-refractivity contribution in [3.63, 3.8) is 0 Å². The van der Waals surface area contributed by atoms with Gasteiger partial charge in [-0.3, -0.25) is 4.79 Å². The molecule has 0 bridgehead atoms. The predicted molar refractivity (Wildman–Crippen MR) is 79.4 cm³/mol. The third kappa shape index (κ3) is 2.14. The van der Waals surface area contributed by atoms with E-state index in [1.165, 1.54) is 0 Å². The zero-order valence-electron chi connectivity index (χ0n) is 12.6. The average molecular weight is 273 g/mol. The SMILES string of the molecule is COc1cc(C)cc(C)c1C(=O)C1CC12CCNCC2. The molecule has 1 spiro atoms. The van der Waals surface area contributed by atoms with Crippen LogP contribution in [0.4, 0.5) is 0 Å². The van der Waals surface area contributed by atoms with Crippen LogP contribution in [0.3, 0.4) is 0 Å². The van der Waals surface area contributed by atoms with E-state index in [4.69, 9.17) is 4.74 Å². The molecule has 3 heteroatoms. The normalized spacial score (nSPS) is 23.6. The highest BCUT2D eigenvalue weighted by Gasteiger charge is 2.57. The number of piperidine rings is 1. The van der Waals surface area contributed by atoms with Crippen molar-refractivity contribution in [3.05, 3.63) is 28.8 Å². The van der Waals surface area contributed by atoms with Gasteiger partial charge in [0, 0.05) is 5.92 Å². The highest BCUT2D eigenvalue weighted by molar-refractivity contribution is 6.03. The van der Waals surface area contributed by atoms with Crippen LogP contribution in [0.2, 0.25) is 0 Å². The Balaban J connectivity index is 1.89. The number of Topliss-reactive ketones (excluding diaryl/α,β-unsaturated/α-hetero) is 1. The molecule has 0 aromatic heterocycles. The summed E-state index contributed by atoms with van der Waals surface area (Å²) in [5.74, 6) is 1.24. The Morgan fingerprint density at radius 2 is 2.00 bits per heavy atom. The largest absolute Gasteiger partial charge is 0.496 e. The van der Waals surface area contributed by atoms with Gasteiger partial charge in [0.25, 0.3) is 0 Å². The molecule has 1 aromatic carbocycles. The summed E-state index contributed by atoms with van der Waals surface area (Å²) in [5, 5.41) is 3.39. The molecule has 1 aliphatic heterocycles. The van der Waals surface area contributed by atoms with Crippen molar-refractivity contribution in [2.24, 2.45) is 11.3 Å². The van der Waals surface area contributed by atoms with E-state index in [-0.39, 0.29) is 11.3 Å². The quantitative estimate of drug-likeness (QED) is 0.861. The smallest absolute Gasteiger partial charge is 0.170 e. The van der Waals surface area contributed by atoms with Crippen LogP contribution in [-0.4, -0.2) is 26.0 Å². The van der Waals surface area contributed by atoms with Crippen LogP contribution in [0.5, 0.6) is 5.75 Å². The van der Waals surface area contributed by atoms with Crippen LogP contribution in [-0.2, 0) is 0 Å². The summed E-state index contributed by atoms with van der Waals surface area (Å²) in [6, 6.07) is 4.05. The number of hydrogen-bond acceptors (Lipinski definition) is 3. The summed E-state index contributed by atoms with van der Waals surface area (Å²) >= 11 is 0. The summed E-state index contributed by atoms with van der Waals surface area (Å²) < 4.78 is 5.45. The lowest BCUT2D eigenvalue weighted by atomic mass is 9.88. The molecular weight excluding hydrogens is 250 g/mol. The molecule has 0 amide bonds. The lowest BCUT2D eigenvalue weighted by Crippen LogP contribution is -2.30. The summed E-state index contributed by atoms with van der Waals surface area (Å²) in [6.45, 7) is 6.15. The Morgan fingerprint density at radius 3 is 2.65 bits per heavy atom. The molecule has 3 rings (SSSR count). The van der Waals surface area contributed by atoms with Gasteiger partial charge >= 0.3 is 0 Å². The Bertz CT molecular complexity index is 544. The minimum Gasteiger partial charge on any atom is -0.496 e. The average Bonchev–Trinajstić information content (AvgIpc) is 3.11. The number of carbonyl (C=O) groups excluding carboxylic acids is 1. The van der Waals surface area contributed by atoms with E-state index in [0.29, 0.717) is 5.78 Å². The second-order valence-corrected chi connectivity index (χ2v) is 6.39. The number of methoxy groups -OCH3 is 1. The topological polar surface area (TPSA) is 38.3 Å². The molecule has 2 aliphatic rings. The van der Waals surface area contributed by atoms with Gasteiger partial charge in [-0.25, -0.2) is 0 Å².